The van der Waals surface area contributed by atoms with Crippen molar-refractivity contribution in [2.45, 2.75) is 25.3 Å². The summed E-state index contributed by atoms with van der Waals surface area (Å²) in [7, 11) is 0. The van der Waals surface area contributed by atoms with Crippen LogP contribution in [0.1, 0.15) is 19.3 Å². The first-order chi connectivity index (χ1) is 10.2. The van der Waals surface area contributed by atoms with Crippen LogP contribution in [-0.4, -0.2) is 38.1 Å². The van der Waals surface area contributed by atoms with E-state index in [1.165, 1.54) is 0 Å². The van der Waals surface area contributed by atoms with Gasteiger partial charge in [-0.1, -0.05) is 23.7 Å². The number of carbonyl (C=O) groups is 1. The molecule has 0 aliphatic carbocycles. The summed E-state index contributed by atoms with van der Waals surface area (Å²) < 4.78 is 0. The second kappa shape index (κ2) is 9.58. The number of hydrogen-bond donors (Lipinski definition) is 2. The lowest BCUT2D eigenvalue weighted by Gasteiger charge is -2.35. The normalized spacial score (nSPS) is 23.6. The summed E-state index contributed by atoms with van der Waals surface area (Å²) in [6, 6.07) is 8.15. The molecule has 2 atom stereocenters. The number of nitrogens with zero attached hydrogens (tertiary/aromatic N) is 1. The summed E-state index contributed by atoms with van der Waals surface area (Å²) in [5, 5.41) is 7.24. The molecule has 1 amide bonds. The lowest BCUT2D eigenvalue weighted by molar-refractivity contribution is -0.125. The van der Waals surface area contributed by atoms with Gasteiger partial charge in [0.05, 0.1) is 16.6 Å². The van der Waals surface area contributed by atoms with E-state index < -0.39 is 0 Å². The predicted octanol–water partition coefficient (Wildman–Crippen LogP) is 2.88. The average Bonchev–Trinajstić information content (AvgIpc) is 3.02. The molecule has 3 rings (SSSR count). The Morgan fingerprint density at radius 3 is 2.74 bits per heavy atom. The molecule has 0 spiro atoms. The maximum absolute atomic E-state index is 12.2. The van der Waals surface area contributed by atoms with E-state index in [0.717, 1.165) is 56.2 Å². The zero-order valence-corrected chi connectivity index (χ0v) is 15.4. The summed E-state index contributed by atoms with van der Waals surface area (Å²) in [6.07, 6.45) is 3.08. The highest BCUT2D eigenvalue weighted by Gasteiger charge is 2.27. The number of anilines is 1. The van der Waals surface area contributed by atoms with Crippen molar-refractivity contribution in [3.8, 4) is 0 Å². The van der Waals surface area contributed by atoms with Crippen LogP contribution in [0.4, 0.5) is 5.69 Å². The standard InChI is InChI=1S/C16H22ClN3O.2ClH/c17-14-5-1-2-6-15(14)20-9-3-4-13(11-20)19-16(21)12-7-8-18-10-12;;/h1-2,5-6,12-13,18H,3-4,7-11H2,(H,19,21);2*1H. The molecule has 2 aliphatic rings. The van der Waals surface area contributed by atoms with Crippen molar-refractivity contribution in [2.24, 2.45) is 5.92 Å². The molecule has 2 saturated heterocycles. The van der Waals surface area contributed by atoms with Gasteiger partial charge in [-0.3, -0.25) is 4.79 Å². The van der Waals surface area contributed by atoms with Crippen LogP contribution in [0.5, 0.6) is 0 Å². The number of para-hydroxylation sites is 1. The molecular formula is C16H24Cl3N3O. The molecule has 23 heavy (non-hydrogen) atoms. The average molecular weight is 381 g/mol. The third-order valence-electron chi connectivity index (χ3n) is 4.39. The molecule has 2 fully saturated rings. The predicted molar refractivity (Wildman–Crippen MR) is 100 cm³/mol. The Bertz CT molecular complexity index is 509. The second-order valence-corrected chi connectivity index (χ2v) is 6.34. The Kier molecular flexibility index (Phi) is 8.48. The summed E-state index contributed by atoms with van der Waals surface area (Å²) >= 11 is 6.28. The molecule has 2 heterocycles. The van der Waals surface area contributed by atoms with Gasteiger partial charge in [0.1, 0.15) is 0 Å². The molecule has 2 N–H and O–H groups in total. The number of rotatable bonds is 3. The molecule has 0 aromatic heterocycles. The third-order valence-corrected chi connectivity index (χ3v) is 4.71. The highest BCUT2D eigenvalue weighted by Crippen LogP contribution is 2.27. The van der Waals surface area contributed by atoms with Gasteiger partial charge in [-0.05, 0) is 37.9 Å². The first-order valence-electron chi connectivity index (χ1n) is 7.74. The topological polar surface area (TPSA) is 44.4 Å². The van der Waals surface area contributed by atoms with Crippen LogP contribution in [0.3, 0.4) is 0 Å². The summed E-state index contributed by atoms with van der Waals surface area (Å²) in [5.74, 6) is 0.340. The molecular weight excluding hydrogens is 357 g/mol. The molecule has 130 valence electrons. The lowest BCUT2D eigenvalue weighted by Crippen LogP contribution is -2.49. The van der Waals surface area contributed by atoms with Crippen molar-refractivity contribution in [3.63, 3.8) is 0 Å². The molecule has 7 heteroatoms. The summed E-state index contributed by atoms with van der Waals surface area (Å²) in [4.78, 5) is 14.5. The molecule has 0 radical (unpaired) electrons. The quantitative estimate of drug-likeness (QED) is 0.847. The second-order valence-electron chi connectivity index (χ2n) is 5.93. The van der Waals surface area contributed by atoms with E-state index in [4.69, 9.17) is 11.6 Å². The molecule has 0 saturated carbocycles. The van der Waals surface area contributed by atoms with Crippen LogP contribution in [0.25, 0.3) is 0 Å². The van der Waals surface area contributed by atoms with Crippen LogP contribution in [-0.2, 0) is 4.79 Å². The molecule has 0 bridgehead atoms. The first kappa shape index (κ1) is 20.4. The van der Waals surface area contributed by atoms with Gasteiger partial charge in [-0.2, -0.15) is 0 Å². The third kappa shape index (κ3) is 5.15. The number of nitrogens with one attached hydrogen (secondary N) is 2. The molecule has 2 unspecified atom stereocenters. The Labute approximate surface area is 155 Å². The zero-order chi connectivity index (χ0) is 14.7. The van der Waals surface area contributed by atoms with E-state index in [1.807, 2.05) is 24.3 Å². The Morgan fingerprint density at radius 2 is 2.04 bits per heavy atom. The smallest absolute Gasteiger partial charge is 0.224 e. The van der Waals surface area contributed by atoms with Gasteiger partial charge in [0.25, 0.3) is 0 Å². The van der Waals surface area contributed by atoms with Crippen molar-refractivity contribution in [1.82, 2.24) is 10.6 Å². The largest absolute Gasteiger partial charge is 0.368 e. The van der Waals surface area contributed by atoms with Crippen molar-refractivity contribution >= 4 is 48.0 Å². The number of benzene rings is 1. The van der Waals surface area contributed by atoms with Crippen molar-refractivity contribution in [3.05, 3.63) is 29.3 Å². The molecule has 2 aliphatic heterocycles. The zero-order valence-electron chi connectivity index (χ0n) is 13.0. The first-order valence-corrected chi connectivity index (χ1v) is 8.12. The van der Waals surface area contributed by atoms with E-state index in [0.29, 0.717) is 0 Å². The van der Waals surface area contributed by atoms with Crippen LogP contribution in [0, 0.1) is 5.92 Å². The number of hydrogen-bond acceptors (Lipinski definition) is 3. The van der Waals surface area contributed by atoms with E-state index in [2.05, 4.69) is 15.5 Å². The molecule has 4 nitrogen and oxygen atoms in total. The highest BCUT2D eigenvalue weighted by molar-refractivity contribution is 6.33. The van der Waals surface area contributed by atoms with Gasteiger partial charge < -0.3 is 15.5 Å². The Hall–Kier alpha value is -0.680. The van der Waals surface area contributed by atoms with E-state index >= 15 is 0 Å². The van der Waals surface area contributed by atoms with Gasteiger partial charge in [-0.15, -0.1) is 24.8 Å². The van der Waals surface area contributed by atoms with E-state index in [-0.39, 0.29) is 42.7 Å². The lowest BCUT2D eigenvalue weighted by atomic mass is 10.0. The van der Waals surface area contributed by atoms with Crippen LogP contribution in [0.2, 0.25) is 5.02 Å². The number of amides is 1. The number of halogens is 3. The van der Waals surface area contributed by atoms with Gasteiger partial charge in [0, 0.05) is 25.7 Å². The SMILES string of the molecule is Cl.Cl.O=C(NC1CCCN(c2ccccc2Cl)C1)C1CCNC1. The van der Waals surface area contributed by atoms with Gasteiger partial charge in [-0.25, -0.2) is 0 Å². The minimum Gasteiger partial charge on any atom is -0.368 e. The maximum atomic E-state index is 12.2. The van der Waals surface area contributed by atoms with Gasteiger partial charge in [0.15, 0.2) is 0 Å². The van der Waals surface area contributed by atoms with E-state index in [1.54, 1.807) is 0 Å². The minimum atomic E-state index is 0. The number of piperidine rings is 1. The van der Waals surface area contributed by atoms with Crippen molar-refractivity contribution < 1.29 is 4.79 Å². The van der Waals surface area contributed by atoms with E-state index in [9.17, 15) is 4.79 Å². The number of carbonyl (C=O) groups excluding carboxylic acids is 1. The van der Waals surface area contributed by atoms with Crippen LogP contribution < -0.4 is 15.5 Å². The molecule has 1 aromatic rings. The fraction of sp³-hybridized carbons (Fsp3) is 0.562. The Balaban J connectivity index is 0.00000132. The fourth-order valence-electron chi connectivity index (χ4n) is 3.22. The monoisotopic (exact) mass is 379 g/mol. The van der Waals surface area contributed by atoms with Crippen molar-refractivity contribution in [1.29, 1.82) is 0 Å². The Morgan fingerprint density at radius 1 is 1.26 bits per heavy atom. The van der Waals surface area contributed by atoms with Crippen LogP contribution >= 0.6 is 36.4 Å². The van der Waals surface area contributed by atoms with Gasteiger partial charge >= 0.3 is 0 Å². The van der Waals surface area contributed by atoms with Crippen LogP contribution in [0.15, 0.2) is 24.3 Å². The maximum Gasteiger partial charge on any atom is 0.224 e. The summed E-state index contributed by atoms with van der Waals surface area (Å²) in [5.41, 5.74) is 1.07. The van der Waals surface area contributed by atoms with Crippen molar-refractivity contribution in [2.75, 3.05) is 31.1 Å². The fourth-order valence-corrected chi connectivity index (χ4v) is 3.47. The molecule has 1 aromatic carbocycles. The summed E-state index contributed by atoms with van der Waals surface area (Å²) in [6.45, 7) is 3.61. The minimum absolute atomic E-state index is 0. The highest BCUT2D eigenvalue weighted by atomic mass is 35.5. The van der Waals surface area contributed by atoms with Gasteiger partial charge in [0.2, 0.25) is 5.91 Å².